The van der Waals surface area contributed by atoms with E-state index in [-0.39, 0.29) is 0 Å². The number of hydrogen-bond donors (Lipinski definition) is 5. The molecule has 110 valence electrons. The molecule has 7 N–H and O–H groups in total. The molecule has 8 heteroatoms. The van der Waals surface area contributed by atoms with Crippen molar-refractivity contribution in [2.24, 2.45) is 11.5 Å². The second-order valence-electron chi connectivity index (χ2n) is 3.73. The van der Waals surface area contributed by atoms with Crippen molar-refractivity contribution in [1.29, 1.82) is 0 Å². The Labute approximate surface area is 116 Å². The molecule has 0 aliphatic carbocycles. The first-order valence-corrected chi connectivity index (χ1v) is 10.4. The van der Waals surface area contributed by atoms with Crippen LogP contribution < -0.4 is 22.1 Å². The number of unbranched alkanes of at least 4 members (excludes halogenated alkanes) is 1. The summed E-state index contributed by atoms with van der Waals surface area (Å²) in [5, 5.41) is 6.72. The van der Waals surface area contributed by atoms with E-state index >= 15 is 0 Å². The van der Waals surface area contributed by atoms with Crippen LogP contribution in [0.25, 0.3) is 0 Å². The van der Waals surface area contributed by atoms with E-state index in [1.54, 1.807) is 0 Å². The fraction of sp³-hybridized carbons (Fsp3) is 1.00. The molecule has 0 amide bonds. The van der Waals surface area contributed by atoms with Gasteiger partial charge >= 0.3 is 28.9 Å². The molecule has 0 fully saturated rings. The molecule has 0 spiro atoms. The van der Waals surface area contributed by atoms with E-state index in [0.717, 1.165) is 52.1 Å². The first kappa shape index (κ1) is 20.5. The molecule has 0 atom stereocenters. The molecule has 0 rings (SSSR count). The van der Waals surface area contributed by atoms with Gasteiger partial charge in [-0.15, -0.1) is 0 Å². The standard InChI is InChI=1S/C10H26N4.H2O.2O.Ta/c11-5-3-9-13-7-1-2-8-14-10-4-6-12;;;;/h13-14H,1-12H2;1H2;;;/q;;;;+1/p-1. The zero-order valence-electron chi connectivity index (χ0n) is 10.9. The maximum atomic E-state index is 8.73. The summed E-state index contributed by atoms with van der Waals surface area (Å²) in [7, 11) is 0. The molecule has 0 aromatic heterocycles. The molecule has 0 aromatic carbocycles. The van der Waals surface area contributed by atoms with Crippen LogP contribution in [-0.2, 0) is 25.3 Å². The third-order valence-corrected chi connectivity index (χ3v) is 2.07. The Hall–Kier alpha value is 0.140. The third kappa shape index (κ3) is 29.8. The molecule has 0 bridgehead atoms. The van der Waals surface area contributed by atoms with Gasteiger partial charge in [-0.2, -0.15) is 0 Å². The second kappa shape index (κ2) is 19.5. The first-order valence-electron chi connectivity index (χ1n) is 6.30. The molecule has 0 saturated carbocycles. The molecule has 0 radical (unpaired) electrons. The van der Waals surface area contributed by atoms with Gasteiger partial charge in [0.25, 0.3) is 0 Å². The number of nitrogens with two attached hydrogens (primary N) is 2. The zero-order valence-corrected chi connectivity index (χ0v) is 14.2. The van der Waals surface area contributed by atoms with Crippen molar-refractivity contribution in [2.75, 3.05) is 39.3 Å². The van der Waals surface area contributed by atoms with E-state index in [1.807, 2.05) is 0 Å². The second-order valence-corrected chi connectivity index (χ2v) is 5.44. The predicted molar refractivity (Wildman–Crippen MR) is 65.9 cm³/mol. The summed E-state index contributed by atoms with van der Waals surface area (Å²) < 4.78 is 24.6. The van der Waals surface area contributed by atoms with Gasteiger partial charge in [-0.1, -0.05) is 0 Å². The topological polar surface area (TPSA) is 130 Å². The zero-order chi connectivity index (χ0) is 14.1. The molecule has 0 aromatic rings. The quantitative estimate of drug-likeness (QED) is 0.261. The van der Waals surface area contributed by atoms with Crippen LogP contribution in [0.3, 0.4) is 0 Å². The third-order valence-electron chi connectivity index (χ3n) is 2.07. The van der Waals surface area contributed by atoms with Crippen LogP contribution in [0.1, 0.15) is 25.7 Å². The molecular weight excluding hydrogens is 405 g/mol. The summed E-state index contributed by atoms with van der Waals surface area (Å²) in [5.41, 5.74) is 10.8. The minimum absolute atomic E-state index is 0.785. The van der Waals surface area contributed by atoms with Gasteiger partial charge in [-0.3, -0.25) is 0 Å². The molecule has 0 heterocycles. The van der Waals surface area contributed by atoms with E-state index < -0.39 is 18.8 Å². The fourth-order valence-electron chi connectivity index (χ4n) is 1.20. The fourth-order valence-corrected chi connectivity index (χ4v) is 1.20. The summed E-state index contributed by atoms with van der Waals surface area (Å²) in [5.74, 6) is 0. The molecule has 0 saturated heterocycles. The van der Waals surface area contributed by atoms with Gasteiger partial charge < -0.3 is 22.1 Å². The molecule has 18 heavy (non-hydrogen) atoms. The Balaban J connectivity index is 0. The van der Waals surface area contributed by atoms with Crippen LogP contribution >= 0.6 is 0 Å². The number of hydrogen-bond acceptors (Lipinski definition) is 6. The minimum atomic E-state index is -4.09. The summed E-state index contributed by atoms with van der Waals surface area (Å²) in [6, 6.07) is 0. The maximum absolute atomic E-state index is 8.73. The average Bonchev–Trinajstić information content (AvgIpc) is 2.31. The summed E-state index contributed by atoms with van der Waals surface area (Å²) in [6.07, 6.45) is 4.63. The van der Waals surface area contributed by atoms with Crippen molar-refractivity contribution in [2.45, 2.75) is 25.7 Å². The van der Waals surface area contributed by atoms with Crippen molar-refractivity contribution in [3.05, 3.63) is 0 Å². The van der Waals surface area contributed by atoms with Gasteiger partial charge in [-0.05, 0) is 65.0 Å². The Kier molecular flexibility index (Phi) is 22.1. The molecular formula is C10H27N4O3Ta. The monoisotopic (exact) mass is 432 g/mol. The van der Waals surface area contributed by atoms with Gasteiger partial charge in [-0.25, -0.2) is 0 Å². The van der Waals surface area contributed by atoms with Gasteiger partial charge in [0, 0.05) is 0 Å². The van der Waals surface area contributed by atoms with Crippen molar-refractivity contribution < 1.29 is 28.9 Å². The van der Waals surface area contributed by atoms with Crippen molar-refractivity contribution in [3.63, 3.8) is 0 Å². The van der Waals surface area contributed by atoms with Crippen LogP contribution in [0.2, 0.25) is 0 Å². The van der Waals surface area contributed by atoms with Crippen molar-refractivity contribution in [1.82, 2.24) is 10.6 Å². The van der Waals surface area contributed by atoms with Crippen LogP contribution in [0.5, 0.6) is 0 Å². The van der Waals surface area contributed by atoms with Gasteiger partial charge in [0.15, 0.2) is 0 Å². The van der Waals surface area contributed by atoms with Crippen molar-refractivity contribution >= 4 is 0 Å². The Morgan fingerprint density at radius 2 is 1.06 bits per heavy atom. The molecule has 0 aliphatic rings. The molecule has 7 nitrogen and oxygen atoms in total. The van der Waals surface area contributed by atoms with Gasteiger partial charge in [0.1, 0.15) is 0 Å². The Bertz CT molecular complexity index is 195. The summed E-state index contributed by atoms with van der Waals surface area (Å²) in [4.78, 5) is 0. The van der Waals surface area contributed by atoms with Crippen LogP contribution in [0, 0.1) is 0 Å². The van der Waals surface area contributed by atoms with E-state index in [2.05, 4.69) is 10.6 Å². The normalized spacial score (nSPS) is 9.72. The Morgan fingerprint density at radius 3 is 1.33 bits per heavy atom. The molecule has 0 aliphatic heterocycles. The van der Waals surface area contributed by atoms with E-state index in [9.17, 15) is 0 Å². The predicted octanol–water partition coefficient (Wildman–Crippen LogP) is -1.15. The van der Waals surface area contributed by atoms with Gasteiger partial charge in [0.05, 0.1) is 0 Å². The first-order chi connectivity index (χ1) is 8.65. The van der Waals surface area contributed by atoms with E-state index in [1.165, 1.54) is 12.8 Å². The van der Waals surface area contributed by atoms with Crippen LogP contribution in [-0.4, -0.2) is 42.9 Å². The summed E-state index contributed by atoms with van der Waals surface area (Å²) in [6.45, 7) is 5.90. The molecule has 0 unspecified atom stereocenters. The van der Waals surface area contributed by atoms with E-state index in [4.69, 9.17) is 21.6 Å². The number of rotatable bonds is 11. The number of nitrogens with one attached hydrogen (secondary N) is 2. The van der Waals surface area contributed by atoms with Gasteiger partial charge in [0.2, 0.25) is 0 Å². The van der Waals surface area contributed by atoms with E-state index in [0.29, 0.717) is 0 Å². The Morgan fingerprint density at radius 1 is 0.778 bits per heavy atom. The van der Waals surface area contributed by atoms with Crippen LogP contribution in [0.4, 0.5) is 0 Å². The van der Waals surface area contributed by atoms with Crippen molar-refractivity contribution in [3.8, 4) is 0 Å². The summed E-state index contributed by atoms with van der Waals surface area (Å²) >= 11 is -4.09. The average molecular weight is 432 g/mol. The SMILES string of the molecule is NCCCNCCCCNCCCN.[O]=[Ta](=[O])[OH]. The van der Waals surface area contributed by atoms with Crippen LogP contribution in [0.15, 0.2) is 0 Å².